The Labute approximate surface area is 188 Å². The van der Waals surface area contributed by atoms with Gasteiger partial charge in [0.15, 0.2) is 11.5 Å². The van der Waals surface area contributed by atoms with Crippen LogP contribution in [0.1, 0.15) is 18.1 Å². The van der Waals surface area contributed by atoms with E-state index in [4.69, 9.17) is 15.9 Å². The summed E-state index contributed by atoms with van der Waals surface area (Å²) < 4.78 is 11.6. The molecule has 158 valence electrons. The van der Waals surface area contributed by atoms with Crippen molar-refractivity contribution in [3.63, 3.8) is 0 Å². The number of anilines is 1. The minimum atomic E-state index is -0.803. The highest BCUT2D eigenvalue weighted by molar-refractivity contribution is 9.10. The Morgan fingerprint density at radius 1 is 1.13 bits per heavy atom. The first-order chi connectivity index (χ1) is 14.8. The van der Waals surface area contributed by atoms with Gasteiger partial charge in [0.25, 0.3) is 11.8 Å². The van der Waals surface area contributed by atoms with Gasteiger partial charge in [-0.25, -0.2) is 9.69 Å². The number of barbiturate groups is 1. The number of amides is 4. The molecule has 0 bridgehead atoms. The van der Waals surface area contributed by atoms with E-state index in [0.717, 1.165) is 10.5 Å². The van der Waals surface area contributed by atoms with Crippen molar-refractivity contribution in [2.45, 2.75) is 13.8 Å². The maximum atomic E-state index is 13.0. The summed E-state index contributed by atoms with van der Waals surface area (Å²) in [6, 6.07) is 9.29. The van der Waals surface area contributed by atoms with E-state index in [9.17, 15) is 14.4 Å². The van der Waals surface area contributed by atoms with Crippen molar-refractivity contribution < 1.29 is 23.9 Å². The minimum Gasteiger partial charge on any atom is -0.490 e. The van der Waals surface area contributed by atoms with Gasteiger partial charge in [0.2, 0.25) is 0 Å². The van der Waals surface area contributed by atoms with Gasteiger partial charge < -0.3 is 9.47 Å². The molecule has 3 rings (SSSR count). The molecular formula is C23H19BrN2O5. The number of aryl methyl sites for hydroxylation is 1. The molecule has 2 aromatic rings. The molecule has 0 unspecified atom stereocenters. The first-order valence-electron chi connectivity index (χ1n) is 9.36. The molecule has 1 fully saturated rings. The lowest BCUT2D eigenvalue weighted by atomic mass is 10.1. The van der Waals surface area contributed by atoms with Gasteiger partial charge in [-0.2, -0.15) is 0 Å². The number of rotatable bonds is 6. The van der Waals surface area contributed by atoms with Crippen molar-refractivity contribution >= 4 is 45.5 Å². The number of carbonyl (C=O) groups excluding carboxylic acids is 3. The van der Waals surface area contributed by atoms with Gasteiger partial charge in [-0.05, 0) is 49.8 Å². The third-order valence-corrected chi connectivity index (χ3v) is 5.05. The van der Waals surface area contributed by atoms with Gasteiger partial charge in [-0.1, -0.05) is 39.5 Å². The Bertz CT molecular complexity index is 1120. The van der Waals surface area contributed by atoms with Crippen molar-refractivity contribution in [2.75, 3.05) is 18.1 Å². The number of terminal acetylenes is 1. The van der Waals surface area contributed by atoms with Gasteiger partial charge in [0.1, 0.15) is 12.2 Å². The van der Waals surface area contributed by atoms with E-state index in [1.54, 1.807) is 36.4 Å². The summed E-state index contributed by atoms with van der Waals surface area (Å²) >= 11 is 3.42. The number of nitrogens with one attached hydrogen (secondary N) is 1. The Hall–Kier alpha value is -3.57. The van der Waals surface area contributed by atoms with E-state index in [1.165, 1.54) is 6.08 Å². The quantitative estimate of drug-likeness (QED) is 0.384. The summed E-state index contributed by atoms with van der Waals surface area (Å²) in [5, 5.41) is 2.21. The second-order valence-electron chi connectivity index (χ2n) is 6.54. The molecule has 8 heteroatoms. The molecule has 1 heterocycles. The number of hydrogen-bond acceptors (Lipinski definition) is 5. The van der Waals surface area contributed by atoms with E-state index < -0.39 is 17.8 Å². The zero-order chi connectivity index (χ0) is 22.5. The predicted octanol–water partition coefficient (Wildman–Crippen LogP) is 3.83. The normalized spacial score (nSPS) is 15.0. The van der Waals surface area contributed by atoms with Crippen molar-refractivity contribution in [3.8, 4) is 23.8 Å². The number of hydrogen-bond donors (Lipinski definition) is 1. The zero-order valence-corrected chi connectivity index (χ0v) is 18.5. The smallest absolute Gasteiger partial charge is 0.335 e. The molecule has 1 N–H and O–H groups in total. The van der Waals surface area contributed by atoms with Crippen LogP contribution in [0, 0.1) is 19.3 Å². The molecule has 0 atom stereocenters. The third-order valence-electron chi connectivity index (χ3n) is 4.37. The van der Waals surface area contributed by atoms with Crippen molar-refractivity contribution in [3.05, 3.63) is 57.6 Å². The van der Waals surface area contributed by atoms with Crippen molar-refractivity contribution in [1.82, 2.24) is 5.32 Å². The highest BCUT2D eigenvalue weighted by atomic mass is 79.9. The Kier molecular flexibility index (Phi) is 6.78. The first-order valence-corrected chi connectivity index (χ1v) is 10.2. The van der Waals surface area contributed by atoms with E-state index >= 15 is 0 Å². The molecule has 0 radical (unpaired) electrons. The monoisotopic (exact) mass is 482 g/mol. The van der Waals surface area contributed by atoms with Crippen LogP contribution in [-0.4, -0.2) is 31.1 Å². The maximum Gasteiger partial charge on any atom is 0.335 e. The number of imide groups is 2. The lowest BCUT2D eigenvalue weighted by molar-refractivity contribution is -0.122. The van der Waals surface area contributed by atoms with Gasteiger partial charge >= 0.3 is 6.03 Å². The molecule has 0 spiro atoms. The van der Waals surface area contributed by atoms with Crippen molar-refractivity contribution in [1.29, 1.82) is 0 Å². The average Bonchev–Trinajstić information content (AvgIpc) is 2.73. The fraction of sp³-hybridized carbons (Fsp3) is 0.174. The summed E-state index contributed by atoms with van der Waals surface area (Å²) in [4.78, 5) is 38.7. The highest BCUT2D eigenvalue weighted by Crippen LogP contribution is 2.35. The van der Waals surface area contributed by atoms with Crippen LogP contribution in [-0.2, 0) is 9.59 Å². The van der Waals surface area contributed by atoms with E-state index in [0.29, 0.717) is 33.8 Å². The molecule has 1 aliphatic rings. The van der Waals surface area contributed by atoms with E-state index in [1.807, 2.05) is 13.8 Å². The molecule has 0 aliphatic carbocycles. The van der Waals surface area contributed by atoms with Gasteiger partial charge in [0, 0.05) is 4.47 Å². The summed E-state index contributed by atoms with van der Waals surface area (Å²) in [5.41, 5.74) is 1.63. The molecule has 31 heavy (non-hydrogen) atoms. The second kappa shape index (κ2) is 9.49. The van der Waals surface area contributed by atoms with Crippen LogP contribution >= 0.6 is 15.9 Å². The van der Waals surface area contributed by atoms with Crippen LogP contribution in [0.2, 0.25) is 0 Å². The molecule has 4 amide bonds. The Morgan fingerprint density at radius 2 is 1.81 bits per heavy atom. The highest BCUT2D eigenvalue weighted by Gasteiger charge is 2.37. The topological polar surface area (TPSA) is 84.9 Å². The number of halogens is 1. The van der Waals surface area contributed by atoms with Crippen LogP contribution in [0.25, 0.3) is 6.08 Å². The van der Waals surface area contributed by atoms with Crippen LogP contribution in [0.4, 0.5) is 10.5 Å². The molecule has 0 saturated carbocycles. The van der Waals surface area contributed by atoms with E-state index in [-0.39, 0.29) is 12.2 Å². The number of urea groups is 1. The summed E-state index contributed by atoms with van der Waals surface area (Å²) in [7, 11) is 0. The largest absolute Gasteiger partial charge is 0.490 e. The van der Waals surface area contributed by atoms with Gasteiger partial charge in [-0.3, -0.25) is 14.9 Å². The van der Waals surface area contributed by atoms with Crippen LogP contribution in [0.3, 0.4) is 0 Å². The molecular weight excluding hydrogens is 464 g/mol. The standard InChI is InChI=1S/C23H19BrN2O5/c1-4-10-31-20-13-18(24)15(12-19(20)30-5-2)11-17-21(27)25-23(29)26(22(17)28)16-8-6-14(3)7-9-16/h1,6-9,11-13H,5,10H2,2-3H3,(H,25,27,29)/b17-11+. The Balaban J connectivity index is 2.02. The Morgan fingerprint density at radius 3 is 2.45 bits per heavy atom. The summed E-state index contributed by atoms with van der Waals surface area (Å²) in [6.07, 6.45) is 6.64. The van der Waals surface area contributed by atoms with Crippen molar-refractivity contribution in [2.24, 2.45) is 0 Å². The van der Waals surface area contributed by atoms with Gasteiger partial charge in [-0.15, -0.1) is 6.42 Å². The van der Waals surface area contributed by atoms with Crippen LogP contribution in [0.5, 0.6) is 11.5 Å². The minimum absolute atomic E-state index is 0.0570. The average molecular weight is 483 g/mol. The van der Waals surface area contributed by atoms with Crippen LogP contribution < -0.4 is 19.7 Å². The number of carbonyl (C=O) groups is 3. The molecule has 2 aromatic carbocycles. The lowest BCUT2D eigenvalue weighted by Crippen LogP contribution is -2.54. The number of benzene rings is 2. The number of ether oxygens (including phenoxy) is 2. The fourth-order valence-corrected chi connectivity index (χ4v) is 3.34. The zero-order valence-electron chi connectivity index (χ0n) is 16.9. The van der Waals surface area contributed by atoms with E-state index in [2.05, 4.69) is 27.2 Å². The number of nitrogens with zero attached hydrogens (tertiary/aromatic N) is 1. The third kappa shape index (κ3) is 4.78. The summed E-state index contributed by atoms with van der Waals surface area (Å²) in [5.74, 6) is 1.70. The maximum absolute atomic E-state index is 13.0. The first kappa shape index (κ1) is 22.1. The summed E-state index contributed by atoms with van der Waals surface area (Å²) in [6.45, 7) is 4.14. The second-order valence-corrected chi connectivity index (χ2v) is 7.39. The molecule has 7 nitrogen and oxygen atoms in total. The van der Waals surface area contributed by atoms with Crippen LogP contribution in [0.15, 0.2) is 46.4 Å². The molecule has 1 saturated heterocycles. The molecule has 0 aromatic heterocycles. The SMILES string of the molecule is C#CCOc1cc(Br)c(/C=C2\C(=O)NC(=O)N(c3ccc(C)cc3)C2=O)cc1OCC. The van der Waals surface area contributed by atoms with Gasteiger partial charge in [0.05, 0.1) is 12.3 Å². The fourth-order valence-electron chi connectivity index (χ4n) is 2.90. The predicted molar refractivity (Wildman–Crippen MR) is 120 cm³/mol. The lowest BCUT2D eigenvalue weighted by Gasteiger charge is -2.26. The molecule has 1 aliphatic heterocycles.